The Balaban J connectivity index is 2.10. The molecule has 0 spiro atoms. The van der Waals surface area contributed by atoms with Crippen LogP contribution in [0.3, 0.4) is 0 Å². The van der Waals surface area contributed by atoms with Crippen molar-refractivity contribution in [1.29, 1.82) is 0 Å². The number of benzene rings is 1. The second-order valence-electron chi connectivity index (χ2n) is 4.03. The zero-order chi connectivity index (χ0) is 13.0. The number of ether oxygens (including phenoxy) is 1. The van der Waals surface area contributed by atoms with Gasteiger partial charge in [-0.25, -0.2) is 4.98 Å². The largest absolute Gasteiger partial charge is 0.481 e. The molecule has 0 atom stereocenters. The molecule has 18 heavy (non-hydrogen) atoms. The maximum atomic E-state index is 5.90. The molecule has 1 heterocycles. The van der Waals surface area contributed by atoms with E-state index in [9.17, 15) is 0 Å². The highest BCUT2D eigenvalue weighted by Gasteiger charge is 2.05. The topological polar surface area (TPSA) is 48.1 Å². The number of thioether (sulfide) groups is 1. The Morgan fingerprint density at radius 3 is 2.83 bits per heavy atom. The number of aryl methyl sites for hydroxylation is 1. The second-order valence-corrected chi connectivity index (χ2v) is 4.99. The van der Waals surface area contributed by atoms with Crippen LogP contribution in [-0.2, 0) is 5.75 Å². The minimum Gasteiger partial charge on any atom is -0.481 e. The molecule has 0 radical (unpaired) electrons. The summed E-state index contributed by atoms with van der Waals surface area (Å²) in [4.78, 5) is 4.34. The lowest BCUT2D eigenvalue weighted by atomic mass is 10.2. The Bertz CT molecular complexity index is 543. The van der Waals surface area contributed by atoms with Gasteiger partial charge in [0.25, 0.3) is 0 Å². The van der Waals surface area contributed by atoms with E-state index in [4.69, 9.17) is 10.5 Å². The monoisotopic (exact) mass is 260 g/mol. The van der Waals surface area contributed by atoms with E-state index in [1.807, 2.05) is 6.07 Å². The van der Waals surface area contributed by atoms with Gasteiger partial charge >= 0.3 is 0 Å². The number of nitrogens with zero attached hydrogens (tertiary/aromatic N) is 1. The first-order chi connectivity index (χ1) is 8.69. The van der Waals surface area contributed by atoms with E-state index < -0.39 is 0 Å². The van der Waals surface area contributed by atoms with Gasteiger partial charge in [0.2, 0.25) is 5.88 Å². The van der Waals surface area contributed by atoms with Gasteiger partial charge in [0.05, 0.1) is 12.8 Å². The summed E-state index contributed by atoms with van der Waals surface area (Å²) >= 11 is 1.62. The summed E-state index contributed by atoms with van der Waals surface area (Å²) in [6.45, 7) is 2.09. The van der Waals surface area contributed by atoms with Crippen molar-refractivity contribution >= 4 is 17.4 Å². The van der Waals surface area contributed by atoms with Crippen LogP contribution < -0.4 is 10.5 Å². The highest BCUT2D eigenvalue weighted by molar-refractivity contribution is 7.98. The third-order valence-electron chi connectivity index (χ3n) is 2.53. The number of hydrogen-bond donors (Lipinski definition) is 1. The fraction of sp³-hybridized carbons (Fsp3) is 0.214. The Hall–Kier alpha value is -1.68. The van der Waals surface area contributed by atoms with Crippen LogP contribution >= 0.6 is 11.8 Å². The lowest BCUT2D eigenvalue weighted by Gasteiger charge is -2.07. The van der Waals surface area contributed by atoms with Gasteiger partial charge in [-0.3, -0.25) is 0 Å². The number of rotatable bonds is 4. The summed E-state index contributed by atoms with van der Waals surface area (Å²) in [6.07, 6.45) is 0. The molecular formula is C14H16N2OS. The van der Waals surface area contributed by atoms with Crippen LogP contribution in [0, 0.1) is 6.92 Å². The molecule has 2 aromatic rings. The smallest absolute Gasteiger partial charge is 0.214 e. The Morgan fingerprint density at radius 1 is 1.28 bits per heavy atom. The minimum atomic E-state index is 0.593. The van der Waals surface area contributed by atoms with Gasteiger partial charge in [-0.1, -0.05) is 41.6 Å². The third-order valence-corrected chi connectivity index (χ3v) is 3.61. The molecule has 2 rings (SSSR count). The van der Waals surface area contributed by atoms with Crippen LogP contribution in [0.15, 0.2) is 41.4 Å². The first-order valence-corrected chi connectivity index (χ1v) is 6.66. The summed E-state index contributed by atoms with van der Waals surface area (Å²) in [6, 6.07) is 12.0. The Kier molecular flexibility index (Phi) is 4.10. The average Bonchev–Trinajstić information content (AvgIpc) is 2.38. The number of anilines is 1. The zero-order valence-electron chi connectivity index (χ0n) is 10.5. The van der Waals surface area contributed by atoms with Gasteiger partial charge in [0.1, 0.15) is 5.03 Å². The van der Waals surface area contributed by atoms with Gasteiger partial charge in [-0.2, -0.15) is 0 Å². The highest BCUT2D eigenvalue weighted by Crippen LogP contribution is 2.28. The number of nitrogens with two attached hydrogens (primary N) is 1. The highest BCUT2D eigenvalue weighted by atomic mass is 32.2. The fourth-order valence-electron chi connectivity index (χ4n) is 1.62. The molecule has 1 aromatic carbocycles. The molecule has 0 fully saturated rings. The van der Waals surface area contributed by atoms with Crippen molar-refractivity contribution in [2.24, 2.45) is 0 Å². The molecule has 2 N–H and O–H groups in total. The summed E-state index contributed by atoms with van der Waals surface area (Å²) in [5.74, 6) is 1.45. The van der Waals surface area contributed by atoms with Crippen LogP contribution in [0.1, 0.15) is 11.1 Å². The molecule has 0 unspecified atom stereocenters. The summed E-state index contributed by atoms with van der Waals surface area (Å²) in [5.41, 5.74) is 9.12. The maximum Gasteiger partial charge on any atom is 0.214 e. The van der Waals surface area contributed by atoms with E-state index in [0.717, 1.165) is 10.8 Å². The zero-order valence-corrected chi connectivity index (χ0v) is 11.3. The second kappa shape index (κ2) is 5.78. The van der Waals surface area contributed by atoms with Crippen LogP contribution in [0.2, 0.25) is 0 Å². The van der Waals surface area contributed by atoms with E-state index in [0.29, 0.717) is 11.6 Å². The molecule has 0 bridgehead atoms. The van der Waals surface area contributed by atoms with E-state index in [1.54, 1.807) is 24.9 Å². The molecule has 0 saturated heterocycles. The number of hydrogen-bond acceptors (Lipinski definition) is 4. The first kappa shape index (κ1) is 12.8. The maximum absolute atomic E-state index is 5.90. The standard InChI is InChI=1S/C14H16N2OS/c1-10-4-3-5-11(8-10)9-18-14-12(15)6-7-13(16-14)17-2/h3-8H,9,15H2,1-2H3. The van der Waals surface area contributed by atoms with Crippen molar-refractivity contribution in [2.45, 2.75) is 17.7 Å². The Labute approximate surface area is 111 Å². The summed E-state index contributed by atoms with van der Waals surface area (Å²) < 4.78 is 5.10. The van der Waals surface area contributed by atoms with E-state index in [-0.39, 0.29) is 0 Å². The lowest BCUT2D eigenvalue weighted by Crippen LogP contribution is -1.95. The lowest BCUT2D eigenvalue weighted by molar-refractivity contribution is 0.395. The molecule has 0 aliphatic rings. The SMILES string of the molecule is COc1ccc(N)c(SCc2cccc(C)c2)n1. The molecule has 3 nitrogen and oxygen atoms in total. The predicted octanol–water partition coefficient (Wildman–Crippen LogP) is 3.27. The number of pyridine rings is 1. The average molecular weight is 260 g/mol. The quantitative estimate of drug-likeness (QED) is 0.857. The van der Waals surface area contributed by atoms with E-state index >= 15 is 0 Å². The molecule has 94 valence electrons. The molecule has 0 aliphatic heterocycles. The predicted molar refractivity (Wildman–Crippen MR) is 75.9 cm³/mol. The third kappa shape index (κ3) is 3.17. The summed E-state index contributed by atoms with van der Waals surface area (Å²) in [5, 5.41) is 0.816. The number of nitrogen functional groups attached to an aromatic ring is 1. The van der Waals surface area contributed by atoms with Crippen molar-refractivity contribution in [2.75, 3.05) is 12.8 Å². The molecule has 1 aromatic heterocycles. The van der Waals surface area contributed by atoms with Crippen molar-refractivity contribution in [3.8, 4) is 5.88 Å². The molecule has 0 aliphatic carbocycles. The van der Waals surface area contributed by atoms with Crippen LogP contribution in [-0.4, -0.2) is 12.1 Å². The molecular weight excluding hydrogens is 244 g/mol. The first-order valence-electron chi connectivity index (χ1n) is 5.68. The van der Waals surface area contributed by atoms with Gasteiger partial charge in [-0.05, 0) is 18.6 Å². The van der Waals surface area contributed by atoms with Gasteiger partial charge in [-0.15, -0.1) is 0 Å². The Morgan fingerprint density at radius 2 is 2.11 bits per heavy atom. The summed E-state index contributed by atoms with van der Waals surface area (Å²) in [7, 11) is 1.60. The number of aromatic nitrogens is 1. The van der Waals surface area contributed by atoms with E-state index in [1.165, 1.54) is 11.1 Å². The molecule has 0 amide bonds. The van der Waals surface area contributed by atoms with Crippen molar-refractivity contribution < 1.29 is 4.74 Å². The van der Waals surface area contributed by atoms with Gasteiger partial charge in [0.15, 0.2) is 0 Å². The molecule has 4 heteroatoms. The van der Waals surface area contributed by atoms with E-state index in [2.05, 4.69) is 36.2 Å². The van der Waals surface area contributed by atoms with Crippen LogP contribution in [0.4, 0.5) is 5.69 Å². The van der Waals surface area contributed by atoms with Crippen molar-refractivity contribution in [1.82, 2.24) is 4.98 Å². The fourth-order valence-corrected chi connectivity index (χ4v) is 2.49. The van der Waals surface area contributed by atoms with Crippen LogP contribution in [0.25, 0.3) is 0 Å². The normalized spacial score (nSPS) is 10.3. The van der Waals surface area contributed by atoms with Gasteiger partial charge < -0.3 is 10.5 Å². The van der Waals surface area contributed by atoms with Crippen molar-refractivity contribution in [3.05, 3.63) is 47.5 Å². The number of methoxy groups -OCH3 is 1. The molecule has 0 saturated carbocycles. The van der Waals surface area contributed by atoms with Crippen molar-refractivity contribution in [3.63, 3.8) is 0 Å². The minimum absolute atomic E-state index is 0.593. The van der Waals surface area contributed by atoms with Crippen LogP contribution in [0.5, 0.6) is 5.88 Å². The van der Waals surface area contributed by atoms with Gasteiger partial charge in [0, 0.05) is 11.8 Å².